The van der Waals surface area contributed by atoms with Gasteiger partial charge in [-0.15, -0.1) is 0 Å². The number of aliphatic carboxylic acids is 1. The molecule has 1 saturated heterocycles. The maximum atomic E-state index is 13.5. The predicted molar refractivity (Wildman–Crippen MR) is 129 cm³/mol. The molecule has 4 rings (SSSR count). The molecule has 7 heteroatoms. The van der Waals surface area contributed by atoms with Gasteiger partial charge in [0, 0.05) is 16.3 Å². The number of carbonyl (C=O) groups excluding carboxylic acids is 1. The van der Waals surface area contributed by atoms with Crippen LogP contribution in [0, 0.1) is 0 Å². The fourth-order valence-electron chi connectivity index (χ4n) is 4.58. The van der Waals surface area contributed by atoms with Crippen LogP contribution < -0.4 is 0 Å². The first-order valence-corrected chi connectivity index (χ1v) is 12.6. The zero-order valence-electron chi connectivity index (χ0n) is 18.2. The van der Waals surface area contributed by atoms with Crippen molar-refractivity contribution in [2.45, 2.75) is 73.1 Å². The van der Waals surface area contributed by atoms with E-state index in [2.05, 4.69) is 26.0 Å². The van der Waals surface area contributed by atoms with Crippen molar-refractivity contribution < 1.29 is 14.7 Å². The third-order valence-corrected chi connectivity index (χ3v) is 8.68. The number of likely N-dealkylation sites (tertiary alicyclic amines) is 1. The van der Waals surface area contributed by atoms with Crippen molar-refractivity contribution in [2.24, 2.45) is 0 Å². The van der Waals surface area contributed by atoms with Gasteiger partial charge in [0.2, 0.25) is 5.91 Å². The molecule has 0 spiro atoms. The van der Waals surface area contributed by atoms with E-state index in [1.165, 1.54) is 5.56 Å². The monoisotopic (exact) mass is 491 g/mol. The fraction of sp³-hybridized carbons (Fsp3) is 0.440. The highest BCUT2D eigenvalue weighted by atomic mass is 35.5. The zero-order chi connectivity index (χ0) is 23.0. The summed E-state index contributed by atoms with van der Waals surface area (Å²) in [6.07, 6.45) is 3.46. The summed E-state index contributed by atoms with van der Waals surface area (Å²) < 4.78 is 0. The summed E-state index contributed by atoms with van der Waals surface area (Å²) >= 11 is 15.0. The second-order valence-corrected chi connectivity index (χ2v) is 10.8. The Kier molecular flexibility index (Phi) is 6.81. The molecule has 2 aromatic rings. The number of hydrogen-bond donors (Lipinski definition) is 1. The molecule has 1 atom stereocenters. The first kappa shape index (κ1) is 23.5. The van der Waals surface area contributed by atoms with Gasteiger partial charge in [-0.3, -0.25) is 4.79 Å². The normalized spacial score (nSPS) is 19.8. The van der Waals surface area contributed by atoms with Crippen molar-refractivity contribution in [2.75, 3.05) is 6.54 Å². The molecule has 0 bridgehead atoms. The van der Waals surface area contributed by atoms with Crippen LogP contribution in [0.4, 0.5) is 0 Å². The van der Waals surface area contributed by atoms with Gasteiger partial charge in [0.15, 0.2) is 0 Å². The lowest BCUT2D eigenvalue weighted by atomic mass is 9.91. The lowest BCUT2D eigenvalue weighted by molar-refractivity contribution is -0.153. The Balaban J connectivity index is 1.64. The number of carbonyl (C=O) groups is 2. The number of amides is 1. The Morgan fingerprint density at radius 2 is 1.78 bits per heavy atom. The van der Waals surface area contributed by atoms with E-state index in [9.17, 15) is 14.7 Å². The molecular formula is C25H27Cl2NO3S. The number of rotatable bonds is 6. The predicted octanol–water partition coefficient (Wildman–Crippen LogP) is 6.77. The van der Waals surface area contributed by atoms with Crippen LogP contribution in [0.1, 0.15) is 63.0 Å². The maximum Gasteiger partial charge on any atom is 0.326 e. The number of piperidine rings is 1. The van der Waals surface area contributed by atoms with Gasteiger partial charge in [-0.05, 0) is 61.3 Å². The molecular weight excluding hydrogens is 465 g/mol. The third kappa shape index (κ3) is 4.27. The summed E-state index contributed by atoms with van der Waals surface area (Å²) in [5.41, 5.74) is 1.20. The SMILES string of the molecule is CC(C)c1ccccc1Sc1ccc(C2(C(=O)N3CCCCC3C(=O)O)CC2)c(Cl)c1Cl. The van der Waals surface area contributed by atoms with Gasteiger partial charge in [-0.25, -0.2) is 4.79 Å². The number of nitrogens with zero attached hydrogens (tertiary/aromatic N) is 1. The van der Waals surface area contributed by atoms with Crippen molar-refractivity contribution in [3.8, 4) is 0 Å². The van der Waals surface area contributed by atoms with Gasteiger partial charge in [0.05, 0.1) is 15.5 Å². The molecule has 1 aliphatic carbocycles. The van der Waals surface area contributed by atoms with E-state index in [1.54, 1.807) is 16.7 Å². The second kappa shape index (κ2) is 9.28. The number of carboxylic acids is 1. The lowest BCUT2D eigenvalue weighted by Crippen LogP contribution is -2.51. The minimum atomic E-state index is -0.937. The summed E-state index contributed by atoms with van der Waals surface area (Å²) in [6.45, 7) is 4.79. The van der Waals surface area contributed by atoms with E-state index in [-0.39, 0.29) is 5.91 Å². The van der Waals surface area contributed by atoms with Gasteiger partial charge in [0.1, 0.15) is 6.04 Å². The molecule has 1 amide bonds. The molecule has 4 nitrogen and oxygen atoms in total. The van der Waals surface area contributed by atoms with Gasteiger partial charge >= 0.3 is 5.97 Å². The van der Waals surface area contributed by atoms with E-state index < -0.39 is 17.4 Å². The Labute approximate surface area is 203 Å². The van der Waals surface area contributed by atoms with Crippen LogP contribution in [0.15, 0.2) is 46.2 Å². The first-order chi connectivity index (χ1) is 15.3. The molecule has 170 valence electrons. The first-order valence-electron chi connectivity index (χ1n) is 11.1. The largest absolute Gasteiger partial charge is 0.480 e. The van der Waals surface area contributed by atoms with Gasteiger partial charge in [0.25, 0.3) is 0 Å². The van der Waals surface area contributed by atoms with Crippen LogP contribution in [0.2, 0.25) is 10.0 Å². The smallest absolute Gasteiger partial charge is 0.326 e. The Hall–Kier alpha value is -1.69. The van der Waals surface area contributed by atoms with Gasteiger partial charge in [-0.2, -0.15) is 0 Å². The average molecular weight is 492 g/mol. The van der Waals surface area contributed by atoms with Crippen LogP contribution in [0.25, 0.3) is 0 Å². The standard InChI is InChI=1S/C25H27Cl2NO3S/c1-15(2)16-7-3-4-9-19(16)32-20-11-10-17(21(26)22(20)27)25(12-13-25)24(31)28-14-6-5-8-18(28)23(29)30/h3-4,7,9-11,15,18H,5-6,8,12-14H2,1-2H3,(H,29,30). The fourth-order valence-corrected chi connectivity index (χ4v) is 6.39. The van der Waals surface area contributed by atoms with E-state index >= 15 is 0 Å². The number of carboxylic acid groups (broad SMARTS) is 1. The van der Waals surface area contributed by atoms with Crippen molar-refractivity contribution in [1.29, 1.82) is 0 Å². The summed E-state index contributed by atoms with van der Waals surface area (Å²) in [5.74, 6) is -0.687. The summed E-state index contributed by atoms with van der Waals surface area (Å²) in [6, 6.07) is 11.3. The molecule has 32 heavy (non-hydrogen) atoms. The van der Waals surface area contributed by atoms with Crippen LogP contribution >= 0.6 is 35.0 Å². The highest BCUT2D eigenvalue weighted by Crippen LogP contribution is 2.54. The third-order valence-electron chi connectivity index (χ3n) is 6.53. The van der Waals surface area contributed by atoms with E-state index in [0.29, 0.717) is 47.3 Å². The van der Waals surface area contributed by atoms with Crippen LogP contribution in [-0.2, 0) is 15.0 Å². The average Bonchev–Trinajstić information content (AvgIpc) is 3.58. The molecule has 2 aliphatic rings. The molecule has 1 aliphatic heterocycles. The minimum Gasteiger partial charge on any atom is -0.480 e. The zero-order valence-corrected chi connectivity index (χ0v) is 20.6. The van der Waals surface area contributed by atoms with Crippen molar-refractivity contribution in [3.63, 3.8) is 0 Å². The molecule has 1 heterocycles. The van der Waals surface area contributed by atoms with Crippen LogP contribution in [0.5, 0.6) is 0 Å². The lowest BCUT2D eigenvalue weighted by Gasteiger charge is -2.36. The number of benzene rings is 2. The minimum absolute atomic E-state index is 0.131. The number of halogens is 2. The van der Waals surface area contributed by atoms with E-state index in [1.807, 2.05) is 24.3 Å². The van der Waals surface area contributed by atoms with Crippen LogP contribution in [-0.4, -0.2) is 34.5 Å². The molecule has 0 radical (unpaired) electrons. The van der Waals surface area contributed by atoms with Gasteiger partial charge in [-0.1, -0.05) is 73.1 Å². The Bertz CT molecular complexity index is 1050. The van der Waals surface area contributed by atoms with Crippen molar-refractivity contribution in [3.05, 3.63) is 57.6 Å². The molecule has 2 fully saturated rings. The Morgan fingerprint density at radius 3 is 2.44 bits per heavy atom. The molecule has 2 aromatic carbocycles. The van der Waals surface area contributed by atoms with E-state index in [0.717, 1.165) is 22.6 Å². The summed E-state index contributed by atoms with van der Waals surface area (Å²) in [7, 11) is 0. The van der Waals surface area contributed by atoms with Crippen molar-refractivity contribution >= 4 is 46.8 Å². The van der Waals surface area contributed by atoms with E-state index in [4.69, 9.17) is 23.2 Å². The highest BCUT2D eigenvalue weighted by Gasteiger charge is 2.56. The highest BCUT2D eigenvalue weighted by molar-refractivity contribution is 7.99. The molecule has 0 aromatic heterocycles. The maximum absolute atomic E-state index is 13.5. The second-order valence-electron chi connectivity index (χ2n) is 8.96. The topological polar surface area (TPSA) is 57.6 Å². The Morgan fingerprint density at radius 1 is 1.06 bits per heavy atom. The molecule has 1 saturated carbocycles. The quantitative estimate of drug-likeness (QED) is 0.484. The van der Waals surface area contributed by atoms with Crippen molar-refractivity contribution in [1.82, 2.24) is 4.90 Å². The summed E-state index contributed by atoms with van der Waals surface area (Å²) in [5, 5.41) is 10.4. The summed E-state index contributed by atoms with van der Waals surface area (Å²) in [4.78, 5) is 28.8. The molecule has 1 N–H and O–H groups in total. The van der Waals surface area contributed by atoms with Crippen LogP contribution in [0.3, 0.4) is 0 Å². The molecule has 1 unspecified atom stereocenters. The van der Waals surface area contributed by atoms with Gasteiger partial charge < -0.3 is 10.0 Å². The number of hydrogen-bond acceptors (Lipinski definition) is 3.